The minimum atomic E-state index is -0.543. The normalized spacial score (nSPS) is 20.5. The van der Waals surface area contributed by atoms with Crippen LogP contribution in [0.3, 0.4) is 0 Å². The maximum Gasteiger partial charge on any atom is 0.268 e. The topological polar surface area (TPSA) is 58.6 Å². The van der Waals surface area contributed by atoms with E-state index < -0.39 is 6.10 Å². The van der Waals surface area contributed by atoms with Gasteiger partial charge in [0.05, 0.1) is 17.1 Å². The van der Waals surface area contributed by atoms with Crippen molar-refractivity contribution in [2.45, 2.75) is 19.6 Å². The number of hydrogen-bond acceptors (Lipinski definition) is 5. The van der Waals surface area contributed by atoms with Gasteiger partial charge in [0.1, 0.15) is 10.1 Å². The lowest BCUT2D eigenvalue weighted by Gasteiger charge is -2.33. The summed E-state index contributed by atoms with van der Waals surface area (Å²) in [6, 6.07) is 15.4. The summed E-state index contributed by atoms with van der Waals surface area (Å²) in [5.41, 5.74) is 2.54. The van der Waals surface area contributed by atoms with Crippen molar-refractivity contribution in [2.24, 2.45) is 0 Å². The van der Waals surface area contributed by atoms with Crippen LogP contribution in [0, 0.1) is 0 Å². The molecule has 0 saturated carbocycles. The van der Waals surface area contributed by atoms with E-state index in [1.165, 1.54) is 11.8 Å². The molecule has 2 aromatic carbocycles. The Morgan fingerprint density at radius 1 is 1.22 bits per heavy atom. The number of carbonyl (C=O) groups is 2. The van der Waals surface area contributed by atoms with Gasteiger partial charge in [0, 0.05) is 0 Å². The van der Waals surface area contributed by atoms with E-state index in [2.05, 4.69) is 5.32 Å². The van der Waals surface area contributed by atoms with Crippen molar-refractivity contribution < 1.29 is 14.3 Å². The molecule has 1 saturated heterocycles. The van der Waals surface area contributed by atoms with E-state index in [0.717, 1.165) is 11.1 Å². The monoisotopic (exact) mass is 396 g/mol. The van der Waals surface area contributed by atoms with Crippen LogP contribution in [-0.2, 0) is 16.1 Å². The number of nitrogens with one attached hydrogen (secondary N) is 1. The van der Waals surface area contributed by atoms with Crippen molar-refractivity contribution in [2.75, 3.05) is 4.90 Å². The highest BCUT2D eigenvalue weighted by molar-refractivity contribution is 8.26. The minimum absolute atomic E-state index is 0.0923. The molecule has 0 spiro atoms. The second kappa shape index (κ2) is 7.17. The summed E-state index contributed by atoms with van der Waals surface area (Å²) in [5, 5.41) is 2.60. The Bertz CT molecular complexity index is 972. The van der Waals surface area contributed by atoms with E-state index in [4.69, 9.17) is 17.0 Å². The van der Waals surface area contributed by atoms with Crippen molar-refractivity contribution in [1.29, 1.82) is 0 Å². The molecule has 0 unspecified atom stereocenters. The van der Waals surface area contributed by atoms with Crippen molar-refractivity contribution in [1.82, 2.24) is 5.32 Å². The average Bonchev–Trinajstić information content (AvgIpc) is 2.97. The summed E-state index contributed by atoms with van der Waals surface area (Å²) in [6.07, 6.45) is 1.22. The predicted molar refractivity (Wildman–Crippen MR) is 110 cm³/mol. The molecule has 7 heteroatoms. The van der Waals surface area contributed by atoms with Crippen LogP contribution in [0.15, 0.2) is 53.4 Å². The number of hydrogen-bond donors (Lipinski definition) is 1. The fourth-order valence-electron chi connectivity index (χ4n) is 3.02. The number of thiocarbonyl (C=S) groups is 1. The van der Waals surface area contributed by atoms with E-state index in [1.807, 2.05) is 48.5 Å². The van der Waals surface area contributed by atoms with E-state index in [0.29, 0.717) is 27.2 Å². The summed E-state index contributed by atoms with van der Waals surface area (Å²) >= 11 is 6.25. The number of thioether (sulfide) groups is 1. The molecular formula is C20H16N2O3S2. The Morgan fingerprint density at radius 2 is 2.00 bits per heavy atom. The molecular weight excluding hydrogens is 380 g/mol. The van der Waals surface area contributed by atoms with Crippen molar-refractivity contribution >= 4 is 51.9 Å². The molecule has 2 heterocycles. The number of ether oxygens (including phenoxy) is 1. The lowest BCUT2D eigenvalue weighted by Crippen LogP contribution is -2.44. The molecule has 5 nitrogen and oxygen atoms in total. The largest absolute Gasteiger partial charge is 0.479 e. The maximum atomic E-state index is 12.7. The van der Waals surface area contributed by atoms with E-state index in [-0.39, 0.29) is 11.8 Å². The highest BCUT2D eigenvalue weighted by atomic mass is 32.2. The molecule has 2 aliphatic rings. The molecule has 1 atom stereocenters. The van der Waals surface area contributed by atoms with E-state index in [9.17, 15) is 9.59 Å². The first-order valence-electron chi connectivity index (χ1n) is 8.42. The Labute approximate surface area is 166 Å². The molecule has 27 heavy (non-hydrogen) atoms. The summed E-state index contributed by atoms with van der Waals surface area (Å²) in [7, 11) is 0. The second-order valence-corrected chi connectivity index (χ2v) is 7.97. The minimum Gasteiger partial charge on any atom is -0.479 e. The van der Waals surface area contributed by atoms with Gasteiger partial charge in [-0.25, -0.2) is 0 Å². The molecule has 1 fully saturated rings. The lowest BCUT2D eigenvalue weighted by atomic mass is 10.1. The van der Waals surface area contributed by atoms with E-state index >= 15 is 0 Å². The van der Waals surface area contributed by atoms with Crippen LogP contribution in [0.5, 0.6) is 5.75 Å². The first-order valence-corrected chi connectivity index (χ1v) is 9.64. The first kappa shape index (κ1) is 17.8. The first-order chi connectivity index (χ1) is 13.0. The van der Waals surface area contributed by atoms with Crippen LogP contribution in [0.4, 0.5) is 5.69 Å². The fourth-order valence-corrected chi connectivity index (χ4v) is 4.06. The van der Waals surface area contributed by atoms with Gasteiger partial charge in [0.2, 0.25) is 0 Å². The van der Waals surface area contributed by atoms with Gasteiger partial charge in [-0.3, -0.25) is 9.59 Å². The van der Waals surface area contributed by atoms with Crippen molar-refractivity contribution in [3.63, 3.8) is 0 Å². The fraction of sp³-hybridized carbons (Fsp3) is 0.150. The quantitative estimate of drug-likeness (QED) is 0.636. The molecule has 2 amide bonds. The van der Waals surface area contributed by atoms with Crippen LogP contribution in [0.1, 0.15) is 18.1 Å². The lowest BCUT2D eigenvalue weighted by molar-refractivity contribution is -0.125. The van der Waals surface area contributed by atoms with Crippen molar-refractivity contribution in [3.8, 4) is 5.75 Å². The highest BCUT2D eigenvalue weighted by Crippen LogP contribution is 2.37. The number of fused-ring (bicyclic) bond motifs is 1. The molecule has 0 bridgehead atoms. The van der Waals surface area contributed by atoms with Gasteiger partial charge in [-0.2, -0.15) is 0 Å². The van der Waals surface area contributed by atoms with E-state index in [1.54, 1.807) is 17.9 Å². The molecule has 2 aliphatic heterocycles. The molecule has 136 valence electrons. The number of carbonyl (C=O) groups excluding carboxylic acids is 2. The van der Waals surface area contributed by atoms with Gasteiger partial charge in [-0.1, -0.05) is 60.4 Å². The third-order valence-corrected chi connectivity index (χ3v) is 5.48. The third kappa shape index (κ3) is 3.61. The predicted octanol–water partition coefficient (Wildman–Crippen LogP) is 3.49. The average molecular weight is 396 g/mol. The number of nitrogens with zero attached hydrogens (tertiary/aromatic N) is 1. The summed E-state index contributed by atoms with van der Waals surface area (Å²) in [6.45, 7) is 2.21. The SMILES string of the molecule is C[C@@H]1Oc2ccc(/C=C3/SC(=S)NC3=O)cc2N(Cc2ccccc2)C1=O. The number of rotatable bonds is 3. The van der Waals surface area contributed by atoms with Gasteiger partial charge in [-0.15, -0.1) is 0 Å². The molecule has 0 aromatic heterocycles. The van der Waals surface area contributed by atoms with Gasteiger partial charge in [0.15, 0.2) is 6.10 Å². The molecule has 4 rings (SSSR count). The highest BCUT2D eigenvalue weighted by Gasteiger charge is 2.32. The van der Waals surface area contributed by atoms with Crippen molar-refractivity contribution in [3.05, 3.63) is 64.6 Å². The molecule has 0 aliphatic carbocycles. The van der Waals surface area contributed by atoms with Crippen LogP contribution in [-0.4, -0.2) is 22.2 Å². The van der Waals surface area contributed by atoms with Gasteiger partial charge < -0.3 is 15.0 Å². The van der Waals surface area contributed by atoms with Crippen LogP contribution < -0.4 is 15.0 Å². The molecule has 2 aromatic rings. The molecule has 0 radical (unpaired) electrons. The number of amides is 2. The van der Waals surface area contributed by atoms with Crippen LogP contribution in [0.2, 0.25) is 0 Å². The standard InChI is InChI=1S/C20H16N2O3S2/c1-12-19(24)22(11-13-5-3-2-4-6-13)15-9-14(7-8-16(15)25-12)10-17-18(23)21-20(26)27-17/h2-10,12H,11H2,1H3,(H,21,23,26)/b17-10+/t12-/m0/s1. The van der Waals surface area contributed by atoms with Gasteiger partial charge in [0.25, 0.3) is 11.8 Å². The second-order valence-electron chi connectivity index (χ2n) is 6.25. The Kier molecular flexibility index (Phi) is 4.72. The zero-order chi connectivity index (χ0) is 19.0. The Hall–Kier alpha value is -2.64. The van der Waals surface area contributed by atoms with Crippen LogP contribution in [0.25, 0.3) is 6.08 Å². The van der Waals surface area contributed by atoms with Crippen LogP contribution >= 0.6 is 24.0 Å². The zero-order valence-corrected chi connectivity index (χ0v) is 16.1. The summed E-state index contributed by atoms with van der Waals surface area (Å²) in [5.74, 6) is 0.356. The van der Waals surface area contributed by atoms with Gasteiger partial charge in [-0.05, 0) is 36.3 Å². The maximum absolute atomic E-state index is 12.7. The van der Waals surface area contributed by atoms with Gasteiger partial charge >= 0.3 is 0 Å². The smallest absolute Gasteiger partial charge is 0.268 e. The summed E-state index contributed by atoms with van der Waals surface area (Å²) in [4.78, 5) is 26.9. The Morgan fingerprint density at radius 3 is 2.70 bits per heavy atom. The summed E-state index contributed by atoms with van der Waals surface area (Å²) < 4.78 is 6.20. The number of benzene rings is 2. The number of anilines is 1. The third-order valence-electron chi connectivity index (χ3n) is 4.31. The Balaban J connectivity index is 1.71. The zero-order valence-electron chi connectivity index (χ0n) is 14.5. The molecule has 1 N–H and O–H groups in total.